The van der Waals surface area contributed by atoms with Gasteiger partial charge in [0.15, 0.2) is 35.7 Å². The molecule has 0 aromatic rings. The van der Waals surface area contributed by atoms with Crippen molar-refractivity contribution in [3.05, 3.63) is 0 Å². The first kappa shape index (κ1) is 69.2. The number of aliphatic carboxylic acids is 1. The highest BCUT2D eigenvalue weighted by Crippen LogP contribution is 2.67. The largest absolute Gasteiger partial charge is 0.481 e. The summed E-state index contributed by atoms with van der Waals surface area (Å²) in [5.41, 5.74) is -5.58. The van der Waals surface area contributed by atoms with Crippen LogP contribution in [-0.4, -0.2) is 150 Å². The van der Waals surface area contributed by atoms with Gasteiger partial charge in [0.25, 0.3) is 0 Å². The number of hydrogen-bond donors (Lipinski definition) is 2. The topological polar surface area (TPSA) is 335 Å². The van der Waals surface area contributed by atoms with E-state index in [9.17, 15) is 43.5 Å². The van der Waals surface area contributed by atoms with E-state index in [1.807, 2.05) is 20.8 Å². The van der Waals surface area contributed by atoms with Gasteiger partial charge >= 0.3 is 41.8 Å². The monoisotopic (exact) mass is 1330 g/mol. The average Bonchev–Trinajstić information content (AvgIpc) is 1.29. The Morgan fingerprint density at radius 3 is 1.28 bits per heavy atom. The summed E-state index contributed by atoms with van der Waals surface area (Å²) < 4.78 is 73.3. The Morgan fingerprint density at radius 1 is 0.426 bits per heavy atom. The smallest absolute Gasteiger partial charge is 0.308 e. The summed E-state index contributed by atoms with van der Waals surface area (Å²) >= 11 is 0. The highest BCUT2D eigenvalue weighted by molar-refractivity contribution is 5.82. The molecule has 3 saturated carbocycles. The fraction of sp³-hybridized carbons (Fsp3) is 0.879. The number of carboxylic acid groups (broad SMARTS) is 1. The van der Waals surface area contributed by atoms with Crippen molar-refractivity contribution in [2.75, 3.05) is 19.8 Å². The molecule has 94 heavy (non-hydrogen) atoms. The van der Waals surface area contributed by atoms with E-state index in [0.717, 1.165) is 51.4 Å². The van der Waals surface area contributed by atoms with Crippen LogP contribution in [0.3, 0.4) is 0 Å². The van der Waals surface area contributed by atoms with Crippen molar-refractivity contribution in [3.63, 3.8) is 0 Å². The summed E-state index contributed by atoms with van der Waals surface area (Å²) in [5, 5.41) is 12.1. The van der Waals surface area contributed by atoms with E-state index in [1.165, 1.54) is 0 Å². The number of ether oxygens (including phenoxy) is 12. The van der Waals surface area contributed by atoms with Crippen molar-refractivity contribution in [2.24, 2.45) is 70.5 Å². The lowest BCUT2D eigenvalue weighted by Crippen LogP contribution is -2.74. The normalized spacial score (nSPS) is 45.0. The number of nitrogens with one attached hydrogen (secondary N) is 1. The third-order valence-corrected chi connectivity index (χ3v) is 23.9. The predicted octanol–water partition coefficient (Wildman–Crippen LogP) is 7.32. The van der Waals surface area contributed by atoms with Crippen LogP contribution < -0.4 is 5.32 Å². The third-order valence-electron chi connectivity index (χ3n) is 23.9. The predicted molar refractivity (Wildman–Crippen MR) is 312 cm³/mol. The summed E-state index contributed by atoms with van der Waals surface area (Å²) in [5.74, 6) is -11.4. The second-order valence-corrected chi connectivity index (χ2v) is 30.1. The lowest BCUT2D eigenvalue weighted by atomic mass is 9.50. The van der Waals surface area contributed by atoms with Crippen molar-refractivity contribution >= 4 is 47.7 Å². The molecule has 0 unspecified atom stereocenters. The summed E-state index contributed by atoms with van der Waals surface area (Å²) in [6.07, 6.45) is -1.54. The lowest BCUT2D eigenvalue weighted by Gasteiger charge is -2.65. The van der Waals surface area contributed by atoms with E-state index < -0.39 is 208 Å². The minimum Gasteiger partial charge on any atom is -0.481 e. The highest BCUT2D eigenvalue weighted by Gasteiger charge is 2.76. The number of hydrogen-bond acceptors (Lipinski definition) is 26. The zero-order valence-electron chi connectivity index (χ0n) is 55.6. The second-order valence-electron chi connectivity index (χ2n) is 30.1. The van der Waals surface area contributed by atoms with Gasteiger partial charge in [0, 0.05) is 60.7 Å². The molecule has 12 heterocycles. The standard InChI is InChI=1S/C66H95NO27/c1-34-11-13-43-37(4)53(83-56-64(43)40(34)24-28-60(8,86-56)89-92-64)80-50(74)20-17-47(71)77-31-63(67-45(68)15-16-46(69)70,32-78-48(72)18-21-51(75)81-54-38(5)44-14-12-35(2)41-25-29-61(9)87-57(84-54)65(41,44)93-90-61)33-79-49(73)19-22-52(76)82-55-39(6)59(7)27-23-36(3)42-26-30-62(10)88-58(85-55)66(42,59)94-91-62/h34-44,53-58H,11-33H2,1-10H3,(H,67,68)(H,69,70)/t34-,35-,36-,37-,38-,39+,40+,41+,42+,43+,44+,53-,54-,55-,56-,57-,58-,59+,60-,61-,62-,64-,65-,66+/m1/s1. The molecule has 0 radical (unpaired) electrons. The van der Waals surface area contributed by atoms with Crippen molar-refractivity contribution in [1.82, 2.24) is 5.32 Å². The zero-order valence-corrected chi connectivity index (χ0v) is 55.6. The Morgan fingerprint density at radius 2 is 0.819 bits per heavy atom. The van der Waals surface area contributed by atoms with Gasteiger partial charge in [0.05, 0.1) is 44.9 Å². The van der Waals surface area contributed by atoms with Gasteiger partial charge in [-0.15, -0.1) is 0 Å². The molecule has 24 atom stereocenters. The summed E-state index contributed by atoms with van der Waals surface area (Å²) in [4.78, 5) is 144. The highest BCUT2D eigenvalue weighted by atomic mass is 17.3. The Bertz CT molecular complexity index is 2800. The lowest BCUT2D eigenvalue weighted by molar-refractivity contribution is -0.586. The van der Waals surface area contributed by atoms with Crippen LogP contribution in [0.5, 0.6) is 0 Å². The van der Waals surface area contributed by atoms with Crippen molar-refractivity contribution in [3.8, 4) is 0 Å². The molecule has 28 nitrogen and oxygen atoms in total. The van der Waals surface area contributed by atoms with Crippen LogP contribution in [-0.2, 0) is 125 Å². The first-order valence-corrected chi connectivity index (χ1v) is 34.2. The molecular weight excluding hydrogens is 1240 g/mol. The number of carbonyl (C=O) groups is 8. The van der Waals surface area contributed by atoms with Crippen molar-refractivity contribution in [2.45, 2.75) is 275 Å². The Hall–Kier alpha value is -4.72. The van der Waals surface area contributed by atoms with Gasteiger partial charge in [-0.25, -0.2) is 29.3 Å². The summed E-state index contributed by atoms with van der Waals surface area (Å²) in [6, 6.07) is 0. The van der Waals surface area contributed by atoms with Crippen LogP contribution in [0.25, 0.3) is 0 Å². The van der Waals surface area contributed by atoms with Gasteiger partial charge in [-0.2, -0.15) is 0 Å². The van der Waals surface area contributed by atoms with E-state index in [1.54, 1.807) is 20.8 Å². The van der Waals surface area contributed by atoms with Crippen LogP contribution in [0, 0.1) is 70.5 Å². The Kier molecular flexibility index (Phi) is 19.3. The number of carbonyl (C=O) groups excluding carboxylic acids is 7. The van der Waals surface area contributed by atoms with Gasteiger partial charge in [0.2, 0.25) is 42.1 Å². The minimum absolute atomic E-state index is 0.0304. The Labute approximate surface area is 546 Å². The fourth-order valence-corrected chi connectivity index (χ4v) is 18.2. The summed E-state index contributed by atoms with van der Waals surface area (Å²) in [7, 11) is 0. The number of fused-ring (bicyclic) bond motifs is 6. The maximum absolute atomic E-state index is 13.8. The molecule has 2 N–H and O–H groups in total. The first-order chi connectivity index (χ1) is 44.5. The molecule has 526 valence electrons. The molecule has 3 spiro atoms. The number of esters is 6. The molecule has 15 rings (SSSR count). The quantitative estimate of drug-likeness (QED) is 0.0609. The second kappa shape index (κ2) is 26.2. The van der Waals surface area contributed by atoms with Crippen LogP contribution in [0.4, 0.5) is 0 Å². The molecule has 1 amide bonds. The molecule has 3 aliphatic carbocycles. The van der Waals surface area contributed by atoms with Gasteiger partial charge < -0.3 is 67.3 Å². The third kappa shape index (κ3) is 12.6. The molecule has 12 aliphatic heterocycles. The SMILES string of the molecule is C[C@H]1[C@H](OC(=O)CCC(=O)OCC(COC(=O)CCC(=O)O[C@@H]2O[C@@H]3O[C@@]4(C)CC[C@H]5[C@H](C)CC[C@@H]([C@H]2C)[C@@]35OO4)(COC(=O)CCC(=O)O[C@@H]2O[C@@H]3O[C@@]4(C)CC[C@H]5[C@H](C)CC[C@@](C)([C@H]2C)[C@@]35OO4)NC(=O)CCC(=O)O)O[C@@H]2O[C@@]3(C)CC[C@H]4[C@H](C)CC[C@@H]1[C@@]24OO3. The maximum atomic E-state index is 13.8. The van der Waals surface area contributed by atoms with Crippen LogP contribution in [0.15, 0.2) is 0 Å². The number of amides is 1. The first-order valence-electron chi connectivity index (χ1n) is 34.2. The fourth-order valence-electron chi connectivity index (χ4n) is 18.2. The molecule has 6 bridgehead atoms. The maximum Gasteiger partial charge on any atom is 0.308 e. The van der Waals surface area contributed by atoms with E-state index >= 15 is 0 Å². The number of carboxylic acids is 1. The number of rotatable bonds is 22. The van der Waals surface area contributed by atoms with Gasteiger partial charge in [-0.3, -0.25) is 38.4 Å². The molecule has 0 aromatic heterocycles. The van der Waals surface area contributed by atoms with Gasteiger partial charge in [-0.1, -0.05) is 48.5 Å². The van der Waals surface area contributed by atoms with E-state index in [4.69, 9.17) is 86.2 Å². The average molecular weight is 1330 g/mol. The van der Waals surface area contributed by atoms with Crippen LogP contribution in [0.2, 0.25) is 0 Å². The van der Waals surface area contributed by atoms with Gasteiger partial charge in [-0.05, 0) is 114 Å². The molecular formula is C66H95NO27. The van der Waals surface area contributed by atoms with Crippen molar-refractivity contribution < 1.29 is 130 Å². The minimum atomic E-state index is -2.14. The molecule has 28 heteroatoms. The summed E-state index contributed by atoms with van der Waals surface area (Å²) in [6.45, 7) is 17.0. The van der Waals surface area contributed by atoms with E-state index in [-0.39, 0.29) is 47.3 Å². The molecule has 15 aliphatic rings. The van der Waals surface area contributed by atoms with E-state index in [0.29, 0.717) is 37.5 Å². The van der Waals surface area contributed by atoms with Crippen LogP contribution >= 0.6 is 0 Å². The van der Waals surface area contributed by atoms with E-state index in [2.05, 4.69) is 33.0 Å². The Balaban J connectivity index is 0.700. The molecule has 12 saturated heterocycles. The molecule has 0 aromatic carbocycles. The van der Waals surface area contributed by atoms with Crippen LogP contribution in [0.1, 0.15) is 198 Å². The molecule has 15 fully saturated rings. The zero-order chi connectivity index (χ0) is 67.1. The van der Waals surface area contributed by atoms with Crippen molar-refractivity contribution in [1.29, 1.82) is 0 Å². The van der Waals surface area contributed by atoms with Gasteiger partial charge in [0.1, 0.15) is 25.4 Å².